The fraction of sp³-hybridized carbons (Fsp3) is 0.200. The second kappa shape index (κ2) is 4.19. The molecule has 1 aromatic rings. The van der Waals surface area contributed by atoms with Crippen molar-refractivity contribution < 1.29 is 13.9 Å². The largest absolute Gasteiger partial charge is 0.382 e. The Labute approximate surface area is 89.2 Å². The van der Waals surface area contributed by atoms with Crippen LogP contribution in [0.4, 0.5) is 8.78 Å². The zero-order valence-corrected chi connectivity index (χ0v) is 8.84. The number of hydrogen-bond donors (Lipinski definition) is 1. The molecule has 1 aromatic carbocycles. The SMILES string of the molecule is C=CC(F)(F)[C@H](O)c1ccc(Br)cc1. The zero-order chi connectivity index (χ0) is 10.8. The maximum absolute atomic E-state index is 13.0. The molecule has 0 unspecified atom stereocenters. The average Bonchev–Trinajstić information content (AvgIpc) is 2.18. The number of aliphatic hydroxyl groups excluding tert-OH is 1. The summed E-state index contributed by atoms with van der Waals surface area (Å²) in [6, 6.07) is 6.06. The lowest BCUT2D eigenvalue weighted by atomic mass is 10.0. The molecule has 0 bridgehead atoms. The van der Waals surface area contributed by atoms with Crippen molar-refractivity contribution in [3.8, 4) is 0 Å². The number of alkyl halides is 2. The highest BCUT2D eigenvalue weighted by Gasteiger charge is 2.35. The molecule has 4 heteroatoms. The van der Waals surface area contributed by atoms with Crippen LogP contribution in [-0.4, -0.2) is 11.0 Å². The first-order valence-corrected chi connectivity index (χ1v) is 4.71. The van der Waals surface area contributed by atoms with Crippen LogP contribution in [0.1, 0.15) is 11.7 Å². The van der Waals surface area contributed by atoms with Crippen LogP contribution in [0.15, 0.2) is 41.4 Å². The molecule has 0 amide bonds. The first-order chi connectivity index (χ1) is 6.47. The molecule has 1 N–H and O–H groups in total. The first-order valence-electron chi connectivity index (χ1n) is 3.92. The Morgan fingerprint density at radius 1 is 1.36 bits per heavy atom. The summed E-state index contributed by atoms with van der Waals surface area (Å²) in [5.74, 6) is -3.30. The van der Waals surface area contributed by atoms with Crippen LogP contribution in [-0.2, 0) is 0 Å². The molecule has 76 valence electrons. The van der Waals surface area contributed by atoms with Crippen molar-refractivity contribution >= 4 is 15.9 Å². The minimum atomic E-state index is -3.30. The zero-order valence-electron chi connectivity index (χ0n) is 7.25. The van der Waals surface area contributed by atoms with Crippen molar-refractivity contribution in [2.45, 2.75) is 12.0 Å². The van der Waals surface area contributed by atoms with Gasteiger partial charge in [-0.15, -0.1) is 0 Å². The third-order valence-corrected chi connectivity index (χ3v) is 2.35. The molecule has 0 fully saturated rings. The number of halogens is 3. The van der Waals surface area contributed by atoms with E-state index in [1.165, 1.54) is 12.1 Å². The molecule has 0 saturated carbocycles. The molecule has 0 radical (unpaired) electrons. The smallest absolute Gasteiger partial charge is 0.295 e. The summed E-state index contributed by atoms with van der Waals surface area (Å²) in [6.07, 6.45) is -1.40. The van der Waals surface area contributed by atoms with Crippen LogP contribution in [0.25, 0.3) is 0 Å². The molecule has 0 spiro atoms. The molecular formula is C10H9BrF2O. The average molecular weight is 263 g/mol. The maximum Gasteiger partial charge on any atom is 0.295 e. The number of aliphatic hydroxyl groups is 1. The molecule has 0 heterocycles. The Bertz CT molecular complexity index is 321. The standard InChI is InChI=1S/C10H9BrF2O/c1-2-10(12,13)9(14)7-3-5-8(11)6-4-7/h2-6,9,14H,1H2/t9-/m1/s1. The highest BCUT2D eigenvalue weighted by Crippen LogP contribution is 2.32. The molecule has 14 heavy (non-hydrogen) atoms. The minimum Gasteiger partial charge on any atom is -0.382 e. The van der Waals surface area contributed by atoms with Gasteiger partial charge in [-0.2, -0.15) is 8.78 Å². The van der Waals surface area contributed by atoms with Crippen LogP contribution in [0, 0.1) is 0 Å². The van der Waals surface area contributed by atoms with E-state index in [9.17, 15) is 13.9 Å². The summed E-state index contributed by atoms with van der Waals surface area (Å²) in [5, 5.41) is 9.30. The third kappa shape index (κ3) is 2.39. The van der Waals surface area contributed by atoms with Crippen LogP contribution in [0.5, 0.6) is 0 Å². The molecule has 0 aliphatic carbocycles. The van der Waals surface area contributed by atoms with Gasteiger partial charge in [0, 0.05) is 4.47 Å². The van der Waals surface area contributed by atoms with Gasteiger partial charge in [-0.25, -0.2) is 0 Å². The minimum absolute atomic E-state index is 0.165. The van der Waals surface area contributed by atoms with E-state index in [1.54, 1.807) is 12.1 Å². The third-order valence-electron chi connectivity index (χ3n) is 1.82. The van der Waals surface area contributed by atoms with Crippen molar-refractivity contribution in [2.24, 2.45) is 0 Å². The van der Waals surface area contributed by atoms with Gasteiger partial charge in [0.25, 0.3) is 5.92 Å². The fourth-order valence-electron chi connectivity index (χ4n) is 0.979. The summed E-state index contributed by atoms with van der Waals surface area (Å²) in [6.45, 7) is 2.98. The van der Waals surface area contributed by atoms with Gasteiger partial charge in [0.05, 0.1) is 0 Å². The lowest BCUT2D eigenvalue weighted by Crippen LogP contribution is -2.23. The summed E-state index contributed by atoms with van der Waals surface area (Å²) >= 11 is 3.17. The molecule has 1 rings (SSSR count). The summed E-state index contributed by atoms with van der Waals surface area (Å²) in [5.41, 5.74) is 0.165. The molecule has 1 nitrogen and oxygen atoms in total. The van der Waals surface area contributed by atoms with E-state index in [-0.39, 0.29) is 5.56 Å². The van der Waals surface area contributed by atoms with Crippen LogP contribution < -0.4 is 0 Å². The molecule has 0 aromatic heterocycles. The van der Waals surface area contributed by atoms with Crippen LogP contribution in [0.3, 0.4) is 0 Å². The second-order valence-corrected chi connectivity index (χ2v) is 3.75. The number of hydrogen-bond acceptors (Lipinski definition) is 1. The van der Waals surface area contributed by atoms with Gasteiger partial charge >= 0.3 is 0 Å². The first kappa shape index (κ1) is 11.3. The Morgan fingerprint density at radius 3 is 2.29 bits per heavy atom. The van der Waals surface area contributed by atoms with Gasteiger partial charge in [-0.3, -0.25) is 0 Å². The van der Waals surface area contributed by atoms with Crippen molar-refractivity contribution in [1.82, 2.24) is 0 Å². The van der Waals surface area contributed by atoms with Crippen molar-refractivity contribution in [3.63, 3.8) is 0 Å². The van der Waals surface area contributed by atoms with Gasteiger partial charge < -0.3 is 5.11 Å². The van der Waals surface area contributed by atoms with Crippen LogP contribution in [0.2, 0.25) is 0 Å². The van der Waals surface area contributed by atoms with Gasteiger partial charge in [-0.1, -0.05) is 34.6 Å². The van der Waals surface area contributed by atoms with E-state index in [2.05, 4.69) is 22.5 Å². The van der Waals surface area contributed by atoms with E-state index in [4.69, 9.17) is 0 Å². The van der Waals surface area contributed by atoms with E-state index in [1.807, 2.05) is 0 Å². The molecule has 0 aliphatic heterocycles. The Balaban J connectivity index is 2.95. The van der Waals surface area contributed by atoms with E-state index >= 15 is 0 Å². The fourth-order valence-corrected chi connectivity index (χ4v) is 1.24. The van der Waals surface area contributed by atoms with Gasteiger partial charge in [0.15, 0.2) is 0 Å². The Kier molecular flexibility index (Phi) is 3.39. The van der Waals surface area contributed by atoms with Crippen LogP contribution >= 0.6 is 15.9 Å². The highest BCUT2D eigenvalue weighted by atomic mass is 79.9. The molecule has 0 saturated heterocycles. The summed E-state index contributed by atoms with van der Waals surface area (Å²) < 4.78 is 26.7. The van der Waals surface area contributed by atoms with Gasteiger partial charge in [0.1, 0.15) is 6.10 Å². The van der Waals surface area contributed by atoms with Crippen molar-refractivity contribution in [3.05, 3.63) is 47.0 Å². The van der Waals surface area contributed by atoms with Gasteiger partial charge in [0.2, 0.25) is 0 Å². The molecule has 0 aliphatic rings. The second-order valence-electron chi connectivity index (χ2n) is 2.83. The highest BCUT2D eigenvalue weighted by molar-refractivity contribution is 9.10. The Morgan fingerprint density at radius 2 is 1.86 bits per heavy atom. The molecule has 1 atom stereocenters. The number of benzene rings is 1. The maximum atomic E-state index is 13.0. The Hall–Kier alpha value is -0.740. The number of rotatable bonds is 3. The summed E-state index contributed by atoms with van der Waals surface area (Å²) in [7, 11) is 0. The predicted octanol–water partition coefficient (Wildman–Crippen LogP) is 3.30. The monoisotopic (exact) mass is 262 g/mol. The van der Waals surface area contributed by atoms with E-state index < -0.39 is 12.0 Å². The summed E-state index contributed by atoms with van der Waals surface area (Å²) in [4.78, 5) is 0. The van der Waals surface area contributed by atoms with E-state index in [0.717, 1.165) is 4.47 Å². The van der Waals surface area contributed by atoms with Crippen molar-refractivity contribution in [1.29, 1.82) is 0 Å². The lowest BCUT2D eigenvalue weighted by Gasteiger charge is -2.19. The normalized spacial score (nSPS) is 13.7. The van der Waals surface area contributed by atoms with Gasteiger partial charge in [-0.05, 0) is 23.8 Å². The van der Waals surface area contributed by atoms with Crippen molar-refractivity contribution in [2.75, 3.05) is 0 Å². The van der Waals surface area contributed by atoms with E-state index in [0.29, 0.717) is 6.08 Å². The quantitative estimate of drug-likeness (QED) is 0.829. The predicted molar refractivity (Wildman–Crippen MR) is 54.2 cm³/mol. The molecular weight excluding hydrogens is 254 g/mol. The topological polar surface area (TPSA) is 20.2 Å². The lowest BCUT2D eigenvalue weighted by molar-refractivity contribution is -0.0712.